The van der Waals surface area contributed by atoms with Crippen LogP contribution in [-0.4, -0.2) is 19.9 Å². The summed E-state index contributed by atoms with van der Waals surface area (Å²) in [5, 5.41) is 3.46. The van der Waals surface area contributed by atoms with Crippen LogP contribution in [0, 0.1) is 0 Å². The second kappa shape index (κ2) is 12.7. The molecule has 0 bridgehead atoms. The summed E-state index contributed by atoms with van der Waals surface area (Å²) < 4.78 is 0. The largest absolute Gasteiger partial charge is 0.247 e. The van der Waals surface area contributed by atoms with E-state index in [2.05, 4.69) is 146 Å². The lowest BCUT2D eigenvalue weighted by atomic mass is 9.93. The summed E-state index contributed by atoms with van der Waals surface area (Å²) in [7, 11) is 0. The molecule has 0 unspecified atom stereocenters. The van der Waals surface area contributed by atoms with Crippen molar-refractivity contribution in [2.45, 2.75) is 0 Å². The number of pyridine rings is 1. The zero-order valence-corrected chi connectivity index (χ0v) is 27.1. The van der Waals surface area contributed by atoms with Crippen LogP contribution in [0.4, 0.5) is 0 Å². The van der Waals surface area contributed by atoms with Gasteiger partial charge in [0.2, 0.25) is 0 Å². The van der Waals surface area contributed by atoms with E-state index in [-0.39, 0.29) is 0 Å². The van der Waals surface area contributed by atoms with Crippen LogP contribution in [0.15, 0.2) is 182 Å². The van der Waals surface area contributed by atoms with Crippen molar-refractivity contribution < 1.29 is 0 Å². The highest BCUT2D eigenvalue weighted by Gasteiger charge is 2.16. The van der Waals surface area contributed by atoms with Crippen LogP contribution in [0.2, 0.25) is 0 Å². The minimum atomic E-state index is 0.619. The number of para-hydroxylation sites is 1. The Morgan fingerprint density at radius 1 is 0.280 bits per heavy atom. The van der Waals surface area contributed by atoms with Crippen LogP contribution in [-0.2, 0) is 0 Å². The zero-order chi connectivity index (χ0) is 33.3. The number of hydrogen-bond donors (Lipinski definition) is 0. The fraction of sp³-hybridized carbons (Fsp3) is 0. The topological polar surface area (TPSA) is 51.6 Å². The number of fused-ring (bicyclic) bond motifs is 3. The minimum absolute atomic E-state index is 0.619. The molecule has 50 heavy (non-hydrogen) atoms. The highest BCUT2D eigenvalue weighted by Crippen LogP contribution is 2.39. The lowest BCUT2D eigenvalue weighted by Crippen LogP contribution is -2.00. The van der Waals surface area contributed by atoms with Crippen LogP contribution >= 0.6 is 0 Å². The van der Waals surface area contributed by atoms with E-state index in [9.17, 15) is 0 Å². The van der Waals surface area contributed by atoms with Crippen molar-refractivity contribution >= 4 is 21.7 Å². The summed E-state index contributed by atoms with van der Waals surface area (Å²) >= 11 is 0. The van der Waals surface area contributed by atoms with Gasteiger partial charge in [-0.2, -0.15) is 0 Å². The highest BCUT2D eigenvalue weighted by atomic mass is 15.0. The van der Waals surface area contributed by atoms with E-state index in [1.165, 1.54) is 16.5 Å². The van der Waals surface area contributed by atoms with Gasteiger partial charge in [0.15, 0.2) is 17.5 Å². The van der Waals surface area contributed by atoms with Crippen LogP contribution in [0.5, 0.6) is 0 Å². The van der Waals surface area contributed by atoms with Crippen molar-refractivity contribution in [1.29, 1.82) is 0 Å². The average molecular weight is 639 g/mol. The summed E-state index contributed by atoms with van der Waals surface area (Å²) in [6.45, 7) is 0. The molecular formula is C46H30N4. The SMILES string of the molecule is c1ccc(-c2cccc(-c3nc(-c4ccccc4)nc(-c4ccc(-c5nc6ccccc6c6c(-c7ccccc7)cccc56)cc4)n3)c2)cc1. The second-order valence-electron chi connectivity index (χ2n) is 12.3. The van der Waals surface area contributed by atoms with Gasteiger partial charge in [-0.15, -0.1) is 0 Å². The maximum Gasteiger partial charge on any atom is 0.164 e. The first-order valence-electron chi connectivity index (χ1n) is 16.7. The summed E-state index contributed by atoms with van der Waals surface area (Å²) in [4.78, 5) is 20.2. The number of rotatable bonds is 6. The Balaban J connectivity index is 1.17. The van der Waals surface area contributed by atoms with Crippen LogP contribution in [0.25, 0.3) is 89.4 Å². The molecule has 7 aromatic carbocycles. The van der Waals surface area contributed by atoms with Gasteiger partial charge < -0.3 is 0 Å². The first kappa shape index (κ1) is 29.4. The summed E-state index contributed by atoms with van der Waals surface area (Å²) in [5.41, 5.74) is 10.4. The van der Waals surface area contributed by atoms with Gasteiger partial charge in [0.05, 0.1) is 11.2 Å². The molecule has 0 spiro atoms. The molecule has 0 aliphatic rings. The molecule has 0 atom stereocenters. The van der Waals surface area contributed by atoms with Gasteiger partial charge in [-0.05, 0) is 34.4 Å². The lowest BCUT2D eigenvalue weighted by molar-refractivity contribution is 1.07. The summed E-state index contributed by atoms with van der Waals surface area (Å²) in [6.07, 6.45) is 0. The van der Waals surface area contributed by atoms with Crippen molar-refractivity contribution in [2.24, 2.45) is 0 Å². The van der Waals surface area contributed by atoms with E-state index in [1.54, 1.807) is 0 Å². The number of aromatic nitrogens is 4. The van der Waals surface area contributed by atoms with Crippen molar-refractivity contribution in [3.63, 3.8) is 0 Å². The smallest absolute Gasteiger partial charge is 0.164 e. The first-order valence-corrected chi connectivity index (χ1v) is 16.7. The highest BCUT2D eigenvalue weighted by molar-refractivity contribution is 6.17. The maximum absolute atomic E-state index is 5.21. The molecule has 9 rings (SSSR count). The molecule has 4 nitrogen and oxygen atoms in total. The normalized spacial score (nSPS) is 11.2. The Kier molecular flexibility index (Phi) is 7.45. The molecule has 0 N–H and O–H groups in total. The molecule has 0 saturated heterocycles. The molecule has 0 saturated carbocycles. The van der Waals surface area contributed by atoms with E-state index in [4.69, 9.17) is 19.9 Å². The second-order valence-corrected chi connectivity index (χ2v) is 12.3. The van der Waals surface area contributed by atoms with Crippen molar-refractivity contribution in [2.75, 3.05) is 0 Å². The van der Waals surface area contributed by atoms with E-state index in [0.717, 1.165) is 55.4 Å². The Labute approximate surface area is 290 Å². The predicted octanol–water partition coefficient (Wildman–Crippen LogP) is 11.6. The third-order valence-corrected chi connectivity index (χ3v) is 9.12. The lowest BCUT2D eigenvalue weighted by Gasteiger charge is -2.14. The van der Waals surface area contributed by atoms with Crippen molar-refractivity contribution in [3.8, 4) is 67.7 Å². The molecule has 4 heteroatoms. The molecule has 0 amide bonds. The quantitative estimate of drug-likeness (QED) is 0.170. The minimum Gasteiger partial charge on any atom is -0.247 e. The Hall–Kier alpha value is -6.78. The van der Waals surface area contributed by atoms with Gasteiger partial charge in [0.1, 0.15) is 0 Å². The van der Waals surface area contributed by atoms with Crippen molar-refractivity contribution in [3.05, 3.63) is 182 Å². The van der Waals surface area contributed by atoms with Crippen LogP contribution in [0.3, 0.4) is 0 Å². The monoisotopic (exact) mass is 638 g/mol. The molecule has 2 heterocycles. The summed E-state index contributed by atoms with van der Waals surface area (Å²) in [6, 6.07) is 62.8. The third kappa shape index (κ3) is 5.49. The molecular weight excluding hydrogens is 609 g/mol. The molecule has 0 aliphatic heterocycles. The van der Waals surface area contributed by atoms with E-state index < -0.39 is 0 Å². The first-order chi connectivity index (χ1) is 24.8. The van der Waals surface area contributed by atoms with E-state index in [1.807, 2.05) is 36.4 Å². The predicted molar refractivity (Wildman–Crippen MR) is 205 cm³/mol. The average Bonchev–Trinajstić information content (AvgIpc) is 3.21. The van der Waals surface area contributed by atoms with Gasteiger partial charge >= 0.3 is 0 Å². The van der Waals surface area contributed by atoms with Gasteiger partial charge in [0, 0.05) is 38.4 Å². The molecule has 0 fully saturated rings. The number of benzene rings is 7. The number of hydrogen-bond acceptors (Lipinski definition) is 4. The fourth-order valence-electron chi connectivity index (χ4n) is 6.68. The molecule has 2 aromatic heterocycles. The number of nitrogens with zero attached hydrogens (tertiary/aromatic N) is 4. The maximum atomic E-state index is 5.21. The van der Waals surface area contributed by atoms with Gasteiger partial charge in [0.25, 0.3) is 0 Å². The Morgan fingerprint density at radius 2 is 0.760 bits per heavy atom. The molecule has 0 radical (unpaired) electrons. The Bertz CT molecular complexity index is 2620. The molecule has 234 valence electrons. The van der Waals surface area contributed by atoms with Gasteiger partial charge in [-0.1, -0.05) is 170 Å². The zero-order valence-electron chi connectivity index (χ0n) is 27.1. The van der Waals surface area contributed by atoms with Gasteiger partial charge in [-0.3, -0.25) is 0 Å². The van der Waals surface area contributed by atoms with Crippen LogP contribution in [0.1, 0.15) is 0 Å². The fourth-order valence-corrected chi connectivity index (χ4v) is 6.68. The standard InChI is InChI=1S/C46H30N4/c1-4-14-31(15-5-1)36-20-12-21-37(30-36)46-49-44(34-18-8-3-9-19-34)48-45(50-46)35-28-26-33(27-29-35)43-40-24-13-23-38(32-16-6-2-7-17-32)42(40)39-22-10-11-25-41(39)47-43/h1-30H. The summed E-state index contributed by atoms with van der Waals surface area (Å²) in [5.74, 6) is 1.88. The Morgan fingerprint density at radius 3 is 1.46 bits per heavy atom. The third-order valence-electron chi connectivity index (χ3n) is 9.12. The molecule has 9 aromatic rings. The van der Waals surface area contributed by atoms with Crippen LogP contribution < -0.4 is 0 Å². The van der Waals surface area contributed by atoms with Crippen molar-refractivity contribution in [1.82, 2.24) is 19.9 Å². The van der Waals surface area contributed by atoms with E-state index in [0.29, 0.717) is 17.5 Å². The van der Waals surface area contributed by atoms with E-state index >= 15 is 0 Å². The molecule has 0 aliphatic carbocycles. The van der Waals surface area contributed by atoms with Gasteiger partial charge in [-0.25, -0.2) is 19.9 Å².